The average Bonchev–Trinajstić information content (AvgIpc) is 2.86. The number of amides is 1. The number of benzene rings is 3. The van der Waals surface area contributed by atoms with Crippen molar-refractivity contribution in [3.8, 4) is 11.1 Å². The molecule has 0 saturated carbocycles. The number of carbonyl (C=O) groups is 1. The van der Waals surface area contributed by atoms with Gasteiger partial charge in [0.25, 0.3) is 11.5 Å². The summed E-state index contributed by atoms with van der Waals surface area (Å²) in [4.78, 5) is 31.8. The molecule has 35 heavy (non-hydrogen) atoms. The third-order valence-corrected chi connectivity index (χ3v) is 6.81. The summed E-state index contributed by atoms with van der Waals surface area (Å²) in [6, 6.07) is 21.1. The molecule has 0 atom stereocenters. The summed E-state index contributed by atoms with van der Waals surface area (Å²) >= 11 is 0. The highest BCUT2D eigenvalue weighted by Gasteiger charge is 2.13. The third-order valence-electron chi connectivity index (χ3n) is 5.37. The maximum Gasteiger partial charge on any atom is 0.287 e. The van der Waals surface area contributed by atoms with Crippen molar-refractivity contribution in [1.29, 1.82) is 0 Å². The normalized spacial score (nSPS) is 11.9. The molecule has 3 aromatic carbocycles. The van der Waals surface area contributed by atoms with Gasteiger partial charge in [-0.15, -0.1) is 0 Å². The lowest BCUT2D eigenvalue weighted by Gasteiger charge is -2.09. The van der Waals surface area contributed by atoms with Crippen LogP contribution < -0.4 is 10.9 Å². The lowest BCUT2D eigenvalue weighted by molar-refractivity contribution is 0.0940. The molecule has 0 fully saturated rings. The SMILES string of the molecule is CC(C)C=CS(=O)(=O)c1ccc(-c2cccc(CNC(=O)c3nc4ccccc4c(=O)[nH]3)c2)cc1. The van der Waals surface area contributed by atoms with Crippen LogP contribution in [0.15, 0.2) is 94.0 Å². The highest BCUT2D eigenvalue weighted by atomic mass is 32.2. The lowest BCUT2D eigenvalue weighted by Crippen LogP contribution is -2.27. The van der Waals surface area contributed by atoms with Crippen molar-refractivity contribution >= 4 is 26.6 Å². The van der Waals surface area contributed by atoms with Crippen LogP contribution in [0.25, 0.3) is 22.0 Å². The number of nitrogens with one attached hydrogen (secondary N) is 2. The van der Waals surface area contributed by atoms with Crippen LogP contribution >= 0.6 is 0 Å². The number of aromatic amines is 1. The smallest absolute Gasteiger partial charge is 0.287 e. The largest absolute Gasteiger partial charge is 0.345 e. The number of fused-ring (bicyclic) bond motifs is 1. The molecule has 0 aliphatic rings. The molecule has 7 nitrogen and oxygen atoms in total. The van der Waals surface area contributed by atoms with Gasteiger partial charge in [-0.1, -0.05) is 62.4 Å². The van der Waals surface area contributed by atoms with E-state index in [9.17, 15) is 18.0 Å². The monoisotopic (exact) mass is 487 g/mol. The van der Waals surface area contributed by atoms with Crippen molar-refractivity contribution in [3.05, 3.63) is 106 Å². The van der Waals surface area contributed by atoms with Crippen molar-refractivity contribution in [2.45, 2.75) is 25.3 Å². The molecule has 1 amide bonds. The number of carbonyl (C=O) groups excluding carboxylic acids is 1. The third kappa shape index (κ3) is 5.73. The second kappa shape index (κ2) is 10.1. The van der Waals surface area contributed by atoms with Gasteiger partial charge in [-0.05, 0) is 52.9 Å². The maximum atomic E-state index is 12.6. The Balaban J connectivity index is 1.48. The van der Waals surface area contributed by atoms with Crippen LogP contribution in [-0.4, -0.2) is 24.3 Å². The quantitative estimate of drug-likeness (QED) is 0.400. The molecule has 4 aromatic rings. The Morgan fingerprint density at radius 2 is 1.74 bits per heavy atom. The van der Waals surface area contributed by atoms with E-state index >= 15 is 0 Å². The zero-order valence-corrected chi connectivity index (χ0v) is 20.2. The van der Waals surface area contributed by atoms with Gasteiger partial charge in [0.2, 0.25) is 0 Å². The van der Waals surface area contributed by atoms with Crippen LogP contribution in [0.3, 0.4) is 0 Å². The van der Waals surface area contributed by atoms with Crippen LogP contribution in [0.5, 0.6) is 0 Å². The van der Waals surface area contributed by atoms with Gasteiger partial charge in [-0.2, -0.15) is 0 Å². The molecule has 0 bridgehead atoms. The van der Waals surface area contributed by atoms with Gasteiger partial charge < -0.3 is 10.3 Å². The van der Waals surface area contributed by atoms with Gasteiger partial charge in [-0.3, -0.25) is 9.59 Å². The number of hydrogen-bond donors (Lipinski definition) is 2. The van der Waals surface area contributed by atoms with Crippen molar-refractivity contribution in [2.75, 3.05) is 0 Å². The molecule has 0 saturated heterocycles. The zero-order chi connectivity index (χ0) is 25.0. The fourth-order valence-corrected chi connectivity index (χ4v) is 4.69. The minimum absolute atomic E-state index is 0.0480. The van der Waals surface area contributed by atoms with Gasteiger partial charge in [0, 0.05) is 12.0 Å². The molecule has 4 rings (SSSR count). The van der Waals surface area contributed by atoms with E-state index < -0.39 is 15.7 Å². The van der Waals surface area contributed by atoms with E-state index in [1.165, 1.54) is 5.41 Å². The molecule has 8 heteroatoms. The molecule has 0 radical (unpaired) electrons. The topological polar surface area (TPSA) is 109 Å². The van der Waals surface area contributed by atoms with Crippen molar-refractivity contribution < 1.29 is 13.2 Å². The minimum atomic E-state index is -3.48. The molecule has 1 heterocycles. The van der Waals surface area contributed by atoms with Gasteiger partial charge in [0.1, 0.15) is 0 Å². The molecular weight excluding hydrogens is 462 g/mol. The summed E-state index contributed by atoms with van der Waals surface area (Å²) in [5, 5.41) is 4.45. The van der Waals surface area contributed by atoms with Crippen molar-refractivity contribution in [1.82, 2.24) is 15.3 Å². The summed E-state index contributed by atoms with van der Waals surface area (Å²) in [6.45, 7) is 4.07. The predicted octanol–water partition coefficient (Wildman–Crippen LogP) is 4.46. The van der Waals surface area contributed by atoms with Crippen LogP contribution in [0.1, 0.15) is 30.0 Å². The van der Waals surface area contributed by atoms with E-state index in [0.29, 0.717) is 10.9 Å². The number of allylic oxidation sites excluding steroid dienone is 1. The number of H-pyrrole nitrogens is 1. The summed E-state index contributed by atoms with van der Waals surface area (Å²) in [5.41, 5.74) is 2.66. The molecule has 0 spiro atoms. The number of para-hydroxylation sites is 1. The van der Waals surface area contributed by atoms with Crippen molar-refractivity contribution in [3.63, 3.8) is 0 Å². The Kier molecular flexibility index (Phi) is 6.93. The van der Waals surface area contributed by atoms with Crippen LogP contribution in [-0.2, 0) is 16.4 Å². The van der Waals surface area contributed by atoms with E-state index in [2.05, 4.69) is 15.3 Å². The zero-order valence-electron chi connectivity index (χ0n) is 19.4. The van der Waals surface area contributed by atoms with Gasteiger partial charge in [0.15, 0.2) is 15.7 Å². The first-order chi connectivity index (χ1) is 16.7. The van der Waals surface area contributed by atoms with Gasteiger partial charge in [-0.25, -0.2) is 13.4 Å². The van der Waals surface area contributed by atoms with E-state index in [1.54, 1.807) is 54.6 Å². The van der Waals surface area contributed by atoms with E-state index in [4.69, 9.17) is 0 Å². The fourth-order valence-electron chi connectivity index (χ4n) is 3.50. The number of hydrogen-bond acceptors (Lipinski definition) is 5. The van der Waals surface area contributed by atoms with Gasteiger partial charge >= 0.3 is 0 Å². The molecule has 2 N–H and O–H groups in total. The Morgan fingerprint density at radius 1 is 1.00 bits per heavy atom. The first-order valence-corrected chi connectivity index (χ1v) is 12.7. The summed E-state index contributed by atoms with van der Waals surface area (Å²) in [6.07, 6.45) is 1.66. The molecule has 0 aliphatic carbocycles. The van der Waals surface area contributed by atoms with Crippen LogP contribution in [0, 0.1) is 5.92 Å². The standard InChI is InChI=1S/C27H25N3O4S/c1-18(2)14-15-35(33,34)22-12-10-20(11-13-22)21-7-5-6-19(16-21)17-28-27(32)25-29-24-9-4-3-8-23(24)26(31)30-25/h3-16,18H,17H2,1-2H3,(H,28,32)(H,29,30,31). The number of nitrogens with zero attached hydrogens (tertiary/aromatic N) is 1. The fraction of sp³-hybridized carbons (Fsp3) is 0.148. The molecule has 1 aromatic heterocycles. The van der Waals surface area contributed by atoms with Crippen LogP contribution in [0.2, 0.25) is 0 Å². The Labute approximate surface area is 203 Å². The summed E-state index contributed by atoms with van der Waals surface area (Å²) in [7, 11) is -3.48. The highest BCUT2D eigenvalue weighted by Crippen LogP contribution is 2.23. The predicted molar refractivity (Wildman–Crippen MR) is 137 cm³/mol. The molecular formula is C27H25N3O4S. The highest BCUT2D eigenvalue weighted by molar-refractivity contribution is 7.94. The summed E-state index contributed by atoms with van der Waals surface area (Å²) in [5.74, 6) is -0.389. The second-order valence-electron chi connectivity index (χ2n) is 8.46. The lowest BCUT2D eigenvalue weighted by atomic mass is 10.0. The number of sulfone groups is 1. The first-order valence-electron chi connectivity index (χ1n) is 11.1. The molecule has 178 valence electrons. The minimum Gasteiger partial charge on any atom is -0.345 e. The van der Waals surface area contributed by atoms with Crippen LogP contribution in [0.4, 0.5) is 0 Å². The van der Waals surface area contributed by atoms with E-state index in [0.717, 1.165) is 16.7 Å². The summed E-state index contributed by atoms with van der Waals surface area (Å²) < 4.78 is 24.9. The first kappa shape index (κ1) is 24.1. The van der Waals surface area contributed by atoms with E-state index in [-0.39, 0.29) is 28.7 Å². The number of aromatic nitrogens is 2. The molecule has 0 unspecified atom stereocenters. The second-order valence-corrected chi connectivity index (χ2v) is 10.3. The maximum absolute atomic E-state index is 12.6. The van der Waals surface area contributed by atoms with E-state index in [1.807, 2.05) is 38.1 Å². The molecule has 0 aliphatic heterocycles. The van der Waals surface area contributed by atoms with Crippen molar-refractivity contribution in [2.24, 2.45) is 5.92 Å². The van der Waals surface area contributed by atoms with Gasteiger partial charge in [0.05, 0.1) is 15.8 Å². The number of rotatable bonds is 7. The Bertz CT molecular complexity index is 1570. The Hall–Kier alpha value is -4.04. The average molecular weight is 488 g/mol. The Morgan fingerprint density at radius 3 is 2.49 bits per heavy atom.